The third kappa shape index (κ3) is 3.73. The van der Waals surface area contributed by atoms with E-state index in [-0.39, 0.29) is 11.7 Å². The first kappa shape index (κ1) is 12.2. The Morgan fingerprint density at radius 1 is 1.56 bits per heavy atom. The SMILES string of the molecule is C=CCNC(=O)[C@H](C)Oc1ccc(F)cc1. The van der Waals surface area contributed by atoms with Crippen LogP contribution in [0.15, 0.2) is 36.9 Å². The zero-order chi connectivity index (χ0) is 12.0. The van der Waals surface area contributed by atoms with Gasteiger partial charge in [0.2, 0.25) is 0 Å². The molecule has 0 aliphatic heterocycles. The largest absolute Gasteiger partial charge is 0.481 e. The molecule has 0 aliphatic carbocycles. The van der Waals surface area contributed by atoms with E-state index in [0.29, 0.717) is 12.3 Å². The Morgan fingerprint density at radius 2 is 2.19 bits per heavy atom. The normalized spacial score (nSPS) is 11.6. The van der Waals surface area contributed by atoms with E-state index >= 15 is 0 Å². The van der Waals surface area contributed by atoms with Gasteiger partial charge in [-0.2, -0.15) is 0 Å². The van der Waals surface area contributed by atoms with E-state index in [2.05, 4.69) is 11.9 Å². The molecule has 0 aliphatic rings. The molecular weight excluding hydrogens is 209 g/mol. The van der Waals surface area contributed by atoms with Crippen molar-refractivity contribution >= 4 is 5.91 Å². The van der Waals surface area contributed by atoms with Crippen molar-refractivity contribution in [3.05, 3.63) is 42.7 Å². The van der Waals surface area contributed by atoms with Gasteiger partial charge in [0.25, 0.3) is 5.91 Å². The number of carbonyl (C=O) groups is 1. The Labute approximate surface area is 93.9 Å². The minimum Gasteiger partial charge on any atom is -0.481 e. The van der Waals surface area contributed by atoms with Crippen LogP contribution in [0.1, 0.15) is 6.92 Å². The molecule has 1 rings (SSSR count). The van der Waals surface area contributed by atoms with Gasteiger partial charge in [0.05, 0.1) is 0 Å². The lowest BCUT2D eigenvalue weighted by atomic mass is 10.3. The number of ether oxygens (including phenoxy) is 1. The summed E-state index contributed by atoms with van der Waals surface area (Å²) < 4.78 is 17.9. The summed E-state index contributed by atoms with van der Waals surface area (Å²) in [6.07, 6.45) is 0.966. The summed E-state index contributed by atoms with van der Waals surface area (Å²) in [4.78, 5) is 11.4. The third-order valence-corrected chi connectivity index (χ3v) is 1.92. The Kier molecular flexibility index (Phi) is 4.51. The van der Waals surface area contributed by atoms with E-state index in [9.17, 15) is 9.18 Å². The van der Waals surface area contributed by atoms with E-state index in [1.807, 2.05) is 0 Å². The summed E-state index contributed by atoms with van der Waals surface area (Å²) >= 11 is 0. The number of amides is 1. The first-order valence-corrected chi connectivity index (χ1v) is 4.94. The Hall–Kier alpha value is -1.84. The lowest BCUT2D eigenvalue weighted by Gasteiger charge is -2.13. The molecule has 1 N–H and O–H groups in total. The summed E-state index contributed by atoms with van der Waals surface area (Å²) in [5.74, 6) is -0.108. The molecule has 1 amide bonds. The van der Waals surface area contributed by atoms with Gasteiger partial charge in [-0.1, -0.05) is 6.08 Å². The number of halogens is 1. The van der Waals surface area contributed by atoms with Gasteiger partial charge < -0.3 is 10.1 Å². The lowest BCUT2D eigenvalue weighted by Crippen LogP contribution is -2.36. The van der Waals surface area contributed by atoms with Crippen LogP contribution >= 0.6 is 0 Å². The highest BCUT2D eigenvalue weighted by Crippen LogP contribution is 2.12. The molecule has 0 heterocycles. The van der Waals surface area contributed by atoms with Gasteiger partial charge in [-0.25, -0.2) is 4.39 Å². The molecule has 0 radical (unpaired) electrons. The van der Waals surface area contributed by atoms with Gasteiger partial charge >= 0.3 is 0 Å². The quantitative estimate of drug-likeness (QED) is 0.774. The second-order valence-corrected chi connectivity index (χ2v) is 3.25. The number of benzene rings is 1. The molecule has 4 heteroatoms. The molecule has 1 aromatic rings. The molecule has 1 aromatic carbocycles. The highest BCUT2D eigenvalue weighted by molar-refractivity contribution is 5.80. The van der Waals surface area contributed by atoms with Crippen LogP contribution in [0, 0.1) is 5.82 Å². The second-order valence-electron chi connectivity index (χ2n) is 3.25. The second kappa shape index (κ2) is 5.90. The molecule has 0 saturated heterocycles. The monoisotopic (exact) mass is 223 g/mol. The molecular formula is C12H14FNO2. The van der Waals surface area contributed by atoms with Gasteiger partial charge in [-0.3, -0.25) is 4.79 Å². The predicted molar refractivity (Wildman–Crippen MR) is 59.7 cm³/mol. The van der Waals surface area contributed by atoms with Crippen molar-refractivity contribution in [1.29, 1.82) is 0 Å². The first-order valence-electron chi connectivity index (χ1n) is 4.94. The predicted octanol–water partition coefficient (Wildman–Crippen LogP) is 1.90. The van der Waals surface area contributed by atoms with Crippen molar-refractivity contribution in [2.24, 2.45) is 0 Å². The average molecular weight is 223 g/mol. The van der Waals surface area contributed by atoms with Crippen molar-refractivity contribution in [3.63, 3.8) is 0 Å². The Morgan fingerprint density at radius 3 is 2.75 bits per heavy atom. The lowest BCUT2D eigenvalue weighted by molar-refractivity contribution is -0.127. The van der Waals surface area contributed by atoms with E-state index in [1.54, 1.807) is 13.0 Å². The van der Waals surface area contributed by atoms with Crippen LogP contribution < -0.4 is 10.1 Å². The van der Waals surface area contributed by atoms with Crippen LogP contribution in [0.4, 0.5) is 4.39 Å². The van der Waals surface area contributed by atoms with Crippen molar-refractivity contribution in [1.82, 2.24) is 5.32 Å². The maximum atomic E-state index is 12.6. The Balaban J connectivity index is 2.50. The van der Waals surface area contributed by atoms with Crippen LogP contribution in [-0.2, 0) is 4.79 Å². The van der Waals surface area contributed by atoms with Crippen molar-refractivity contribution < 1.29 is 13.9 Å². The van der Waals surface area contributed by atoms with Crippen molar-refractivity contribution in [2.45, 2.75) is 13.0 Å². The molecule has 16 heavy (non-hydrogen) atoms. The fourth-order valence-corrected chi connectivity index (χ4v) is 1.09. The van der Waals surface area contributed by atoms with Gasteiger partial charge in [-0.05, 0) is 31.2 Å². The smallest absolute Gasteiger partial charge is 0.261 e. The van der Waals surface area contributed by atoms with E-state index in [0.717, 1.165) is 0 Å². The number of hydrogen-bond donors (Lipinski definition) is 1. The molecule has 1 atom stereocenters. The van der Waals surface area contributed by atoms with E-state index in [4.69, 9.17) is 4.74 Å². The highest BCUT2D eigenvalue weighted by Gasteiger charge is 2.13. The van der Waals surface area contributed by atoms with E-state index in [1.165, 1.54) is 24.3 Å². The summed E-state index contributed by atoms with van der Waals surface area (Å²) in [7, 11) is 0. The number of nitrogens with one attached hydrogen (secondary N) is 1. The zero-order valence-electron chi connectivity index (χ0n) is 9.07. The molecule has 0 saturated carbocycles. The van der Waals surface area contributed by atoms with Crippen molar-refractivity contribution in [2.75, 3.05) is 6.54 Å². The number of rotatable bonds is 5. The molecule has 86 valence electrons. The molecule has 0 spiro atoms. The van der Waals surface area contributed by atoms with Gasteiger partial charge in [0, 0.05) is 6.54 Å². The van der Waals surface area contributed by atoms with E-state index < -0.39 is 6.10 Å². The highest BCUT2D eigenvalue weighted by atomic mass is 19.1. The number of carbonyl (C=O) groups excluding carboxylic acids is 1. The fraction of sp³-hybridized carbons (Fsp3) is 0.250. The minimum absolute atomic E-state index is 0.232. The van der Waals surface area contributed by atoms with Gasteiger partial charge in [-0.15, -0.1) is 6.58 Å². The van der Waals surface area contributed by atoms with Gasteiger partial charge in [0.15, 0.2) is 6.10 Å². The van der Waals surface area contributed by atoms with Gasteiger partial charge in [0.1, 0.15) is 11.6 Å². The third-order valence-electron chi connectivity index (χ3n) is 1.92. The molecule has 0 fully saturated rings. The number of hydrogen-bond acceptors (Lipinski definition) is 2. The van der Waals surface area contributed by atoms with Crippen LogP contribution in [0.3, 0.4) is 0 Å². The zero-order valence-corrected chi connectivity index (χ0v) is 9.07. The maximum absolute atomic E-state index is 12.6. The molecule has 0 unspecified atom stereocenters. The minimum atomic E-state index is -0.620. The van der Waals surface area contributed by atoms with Crippen LogP contribution in [0.25, 0.3) is 0 Å². The summed E-state index contributed by atoms with van der Waals surface area (Å²) in [5, 5.41) is 2.61. The molecule has 3 nitrogen and oxygen atoms in total. The maximum Gasteiger partial charge on any atom is 0.261 e. The topological polar surface area (TPSA) is 38.3 Å². The van der Waals surface area contributed by atoms with Crippen LogP contribution in [-0.4, -0.2) is 18.6 Å². The summed E-state index contributed by atoms with van der Waals surface area (Å²) in [6, 6.07) is 5.52. The average Bonchev–Trinajstić information content (AvgIpc) is 2.29. The Bertz CT molecular complexity index is 362. The van der Waals surface area contributed by atoms with Crippen molar-refractivity contribution in [3.8, 4) is 5.75 Å². The summed E-state index contributed by atoms with van der Waals surface area (Å²) in [6.45, 7) is 5.51. The standard InChI is InChI=1S/C12H14FNO2/c1-3-8-14-12(15)9(2)16-11-6-4-10(13)5-7-11/h3-7,9H,1,8H2,2H3,(H,14,15)/t9-/m0/s1. The molecule has 0 bridgehead atoms. The fourth-order valence-electron chi connectivity index (χ4n) is 1.09. The molecule has 0 aromatic heterocycles. The van der Waals surface area contributed by atoms with Crippen LogP contribution in [0.2, 0.25) is 0 Å². The first-order chi connectivity index (χ1) is 7.63. The van der Waals surface area contributed by atoms with Crippen LogP contribution in [0.5, 0.6) is 5.75 Å². The summed E-state index contributed by atoms with van der Waals surface area (Å²) in [5.41, 5.74) is 0.